The summed E-state index contributed by atoms with van der Waals surface area (Å²) in [5.74, 6) is 5.78. The van der Waals surface area contributed by atoms with Gasteiger partial charge < -0.3 is 15.1 Å². The van der Waals surface area contributed by atoms with Crippen LogP contribution in [-0.2, 0) is 0 Å². The first-order chi connectivity index (χ1) is 10.1. The van der Waals surface area contributed by atoms with E-state index in [0.29, 0.717) is 25.1 Å². The fraction of sp³-hybridized carbons (Fsp3) is 0.471. The van der Waals surface area contributed by atoms with Gasteiger partial charge in [0.25, 0.3) is 5.91 Å². The van der Waals surface area contributed by atoms with Gasteiger partial charge in [0, 0.05) is 30.6 Å². The highest BCUT2D eigenvalue weighted by molar-refractivity contribution is 5.95. The number of piperidine rings is 1. The van der Waals surface area contributed by atoms with E-state index in [-0.39, 0.29) is 12.5 Å². The SMILES string of the molecule is Cc1cc(C#CCCO)cc(C(=O)N2CCCC(O)C2)c1. The summed E-state index contributed by atoms with van der Waals surface area (Å²) in [6, 6.07) is 5.55. The zero-order valence-corrected chi connectivity index (χ0v) is 12.3. The maximum atomic E-state index is 12.5. The number of hydrogen-bond donors (Lipinski definition) is 2. The van der Waals surface area contributed by atoms with E-state index < -0.39 is 6.10 Å². The average molecular weight is 287 g/mol. The molecule has 1 unspecified atom stereocenters. The number of amides is 1. The predicted molar refractivity (Wildman–Crippen MR) is 80.9 cm³/mol. The molecule has 1 amide bonds. The summed E-state index contributed by atoms with van der Waals surface area (Å²) in [5.41, 5.74) is 2.37. The molecule has 4 heteroatoms. The minimum absolute atomic E-state index is 0.0380. The molecule has 1 heterocycles. The van der Waals surface area contributed by atoms with Gasteiger partial charge in [0.05, 0.1) is 12.7 Å². The third-order valence-corrected chi connectivity index (χ3v) is 3.48. The number of benzene rings is 1. The van der Waals surface area contributed by atoms with E-state index in [0.717, 1.165) is 24.0 Å². The predicted octanol–water partition coefficient (Wildman–Crippen LogP) is 1.33. The number of nitrogens with zero attached hydrogens (tertiary/aromatic N) is 1. The van der Waals surface area contributed by atoms with Crippen LogP contribution in [0.15, 0.2) is 18.2 Å². The summed E-state index contributed by atoms with van der Waals surface area (Å²) in [5, 5.41) is 18.4. The van der Waals surface area contributed by atoms with Gasteiger partial charge in [0.2, 0.25) is 0 Å². The molecule has 1 atom stereocenters. The lowest BCUT2D eigenvalue weighted by atomic mass is 10.0. The molecule has 1 aromatic carbocycles. The number of carbonyl (C=O) groups is 1. The monoisotopic (exact) mass is 287 g/mol. The third kappa shape index (κ3) is 4.32. The highest BCUT2D eigenvalue weighted by atomic mass is 16.3. The van der Waals surface area contributed by atoms with Crippen molar-refractivity contribution in [3.8, 4) is 11.8 Å². The van der Waals surface area contributed by atoms with Gasteiger partial charge in [-0.1, -0.05) is 11.8 Å². The molecule has 0 bridgehead atoms. The zero-order valence-electron chi connectivity index (χ0n) is 12.3. The number of aryl methyl sites for hydroxylation is 1. The highest BCUT2D eigenvalue weighted by Gasteiger charge is 2.23. The molecule has 0 saturated carbocycles. The van der Waals surface area contributed by atoms with Crippen LogP contribution in [0.25, 0.3) is 0 Å². The topological polar surface area (TPSA) is 60.8 Å². The average Bonchev–Trinajstić information content (AvgIpc) is 2.46. The lowest BCUT2D eigenvalue weighted by Gasteiger charge is -2.30. The first kappa shape index (κ1) is 15.6. The molecular weight excluding hydrogens is 266 g/mol. The first-order valence-electron chi connectivity index (χ1n) is 7.29. The molecule has 0 aliphatic carbocycles. The summed E-state index contributed by atoms with van der Waals surface area (Å²) in [7, 11) is 0. The van der Waals surface area contributed by atoms with Crippen molar-refractivity contribution in [3.63, 3.8) is 0 Å². The molecule has 1 saturated heterocycles. The zero-order chi connectivity index (χ0) is 15.2. The molecule has 1 fully saturated rings. The molecule has 1 aliphatic heterocycles. The molecule has 0 radical (unpaired) electrons. The third-order valence-electron chi connectivity index (χ3n) is 3.48. The Labute approximate surface area is 125 Å². The van der Waals surface area contributed by atoms with Crippen LogP contribution in [0, 0.1) is 18.8 Å². The van der Waals surface area contributed by atoms with E-state index >= 15 is 0 Å². The smallest absolute Gasteiger partial charge is 0.253 e. The number of aliphatic hydroxyl groups excluding tert-OH is 2. The number of aliphatic hydroxyl groups is 2. The molecule has 2 N–H and O–H groups in total. The first-order valence-corrected chi connectivity index (χ1v) is 7.29. The second-order valence-corrected chi connectivity index (χ2v) is 5.41. The van der Waals surface area contributed by atoms with Crippen LogP contribution in [0.4, 0.5) is 0 Å². The van der Waals surface area contributed by atoms with Crippen molar-refractivity contribution in [3.05, 3.63) is 34.9 Å². The Morgan fingerprint density at radius 2 is 2.24 bits per heavy atom. The summed E-state index contributed by atoms with van der Waals surface area (Å²) in [6.45, 7) is 3.06. The van der Waals surface area contributed by atoms with Crippen molar-refractivity contribution in [1.82, 2.24) is 4.90 Å². The van der Waals surface area contributed by atoms with Crippen LogP contribution >= 0.6 is 0 Å². The number of likely N-dealkylation sites (tertiary alicyclic amines) is 1. The molecule has 0 spiro atoms. The van der Waals surface area contributed by atoms with Crippen molar-refractivity contribution in [2.45, 2.75) is 32.3 Å². The van der Waals surface area contributed by atoms with E-state index in [1.165, 1.54) is 0 Å². The van der Waals surface area contributed by atoms with Crippen LogP contribution in [0.1, 0.15) is 40.7 Å². The van der Waals surface area contributed by atoms with E-state index in [9.17, 15) is 9.90 Å². The van der Waals surface area contributed by atoms with Crippen LogP contribution in [-0.4, -0.2) is 46.8 Å². The summed E-state index contributed by atoms with van der Waals surface area (Å²) in [4.78, 5) is 14.2. The minimum Gasteiger partial charge on any atom is -0.395 e. The van der Waals surface area contributed by atoms with Crippen LogP contribution in [0.5, 0.6) is 0 Å². The fourth-order valence-corrected chi connectivity index (χ4v) is 2.52. The molecule has 21 heavy (non-hydrogen) atoms. The molecule has 1 aromatic rings. The van der Waals surface area contributed by atoms with Gasteiger partial charge in [-0.3, -0.25) is 4.79 Å². The van der Waals surface area contributed by atoms with E-state index in [1.807, 2.05) is 19.1 Å². The Hall–Kier alpha value is -1.83. The number of β-amino-alcohol motifs (C(OH)–C–C–N with tert-alkyl or cyclic N) is 1. The van der Waals surface area contributed by atoms with E-state index in [4.69, 9.17) is 5.11 Å². The maximum Gasteiger partial charge on any atom is 0.253 e. The largest absolute Gasteiger partial charge is 0.395 e. The molecule has 2 rings (SSSR count). The van der Waals surface area contributed by atoms with E-state index in [1.54, 1.807) is 11.0 Å². The van der Waals surface area contributed by atoms with Crippen molar-refractivity contribution in [2.24, 2.45) is 0 Å². The Bertz CT molecular complexity index is 571. The Morgan fingerprint density at radius 1 is 1.43 bits per heavy atom. The second kappa shape index (κ2) is 7.26. The quantitative estimate of drug-likeness (QED) is 0.807. The van der Waals surface area contributed by atoms with Crippen molar-refractivity contribution in [1.29, 1.82) is 0 Å². The van der Waals surface area contributed by atoms with Crippen molar-refractivity contribution < 1.29 is 15.0 Å². The lowest BCUT2D eigenvalue weighted by molar-refractivity contribution is 0.0473. The number of hydrogen-bond acceptors (Lipinski definition) is 3. The van der Waals surface area contributed by atoms with Crippen LogP contribution in [0.2, 0.25) is 0 Å². The Kier molecular flexibility index (Phi) is 5.38. The minimum atomic E-state index is -0.420. The lowest BCUT2D eigenvalue weighted by Crippen LogP contribution is -2.42. The van der Waals surface area contributed by atoms with E-state index in [2.05, 4.69) is 11.8 Å². The number of rotatable bonds is 2. The van der Waals surface area contributed by atoms with Crippen molar-refractivity contribution >= 4 is 5.91 Å². The molecule has 4 nitrogen and oxygen atoms in total. The van der Waals surface area contributed by atoms with Gasteiger partial charge in [-0.25, -0.2) is 0 Å². The highest BCUT2D eigenvalue weighted by Crippen LogP contribution is 2.16. The Balaban J connectivity index is 2.19. The molecular formula is C17H21NO3. The molecule has 0 aromatic heterocycles. The molecule has 1 aliphatic rings. The van der Waals surface area contributed by atoms with Gasteiger partial charge in [0.15, 0.2) is 0 Å². The van der Waals surface area contributed by atoms with Crippen molar-refractivity contribution in [2.75, 3.05) is 19.7 Å². The summed E-state index contributed by atoms with van der Waals surface area (Å²) < 4.78 is 0. The van der Waals surface area contributed by atoms with Crippen LogP contribution < -0.4 is 0 Å². The number of carbonyl (C=O) groups excluding carboxylic acids is 1. The van der Waals surface area contributed by atoms with Gasteiger partial charge in [0.1, 0.15) is 0 Å². The Morgan fingerprint density at radius 3 is 2.95 bits per heavy atom. The van der Waals surface area contributed by atoms with Gasteiger partial charge in [-0.2, -0.15) is 0 Å². The van der Waals surface area contributed by atoms with Gasteiger partial charge >= 0.3 is 0 Å². The molecule has 112 valence electrons. The summed E-state index contributed by atoms with van der Waals surface area (Å²) >= 11 is 0. The van der Waals surface area contributed by atoms with Gasteiger partial charge in [-0.05, 0) is 43.5 Å². The standard InChI is InChI=1S/C17H21NO3/c1-13-9-14(5-2-3-8-19)11-15(10-13)17(21)18-7-4-6-16(20)12-18/h9-11,16,19-20H,3-4,6-8,12H2,1H3. The van der Waals surface area contributed by atoms with Gasteiger partial charge in [-0.15, -0.1) is 0 Å². The summed E-state index contributed by atoms with van der Waals surface area (Å²) in [6.07, 6.45) is 1.60. The normalized spacial score (nSPS) is 18.0. The second-order valence-electron chi connectivity index (χ2n) is 5.41. The maximum absolute atomic E-state index is 12.5. The van der Waals surface area contributed by atoms with Crippen LogP contribution in [0.3, 0.4) is 0 Å². The fourth-order valence-electron chi connectivity index (χ4n) is 2.52.